The van der Waals surface area contributed by atoms with Gasteiger partial charge in [0.2, 0.25) is 0 Å². The molecule has 0 radical (unpaired) electrons. The zero-order valence-corrected chi connectivity index (χ0v) is 33.7. The van der Waals surface area contributed by atoms with E-state index in [9.17, 15) is 14.4 Å². The Bertz CT molecular complexity index is 1820. The van der Waals surface area contributed by atoms with Crippen molar-refractivity contribution in [3.05, 3.63) is 125 Å². The van der Waals surface area contributed by atoms with E-state index in [4.69, 9.17) is 28.4 Å². The maximum absolute atomic E-state index is 12.3. The smallest absolute Gasteiger partial charge is 0.333 e. The van der Waals surface area contributed by atoms with Gasteiger partial charge in [0.1, 0.15) is 56.9 Å². The van der Waals surface area contributed by atoms with Gasteiger partial charge in [-0.25, -0.2) is 14.4 Å². The summed E-state index contributed by atoms with van der Waals surface area (Å²) in [5, 5.41) is 0. The molecule has 0 amide bonds. The lowest BCUT2D eigenvalue weighted by molar-refractivity contribution is -0.140. The fraction of sp³-hybridized carbons (Fsp3) is 0.413. The minimum atomic E-state index is -0.615. The first-order chi connectivity index (χ1) is 26.3. The van der Waals surface area contributed by atoms with Crippen LogP contribution in [0.15, 0.2) is 103 Å². The fourth-order valence-corrected chi connectivity index (χ4v) is 6.83. The predicted molar refractivity (Wildman–Crippen MR) is 216 cm³/mol. The molecule has 3 aromatic rings. The van der Waals surface area contributed by atoms with E-state index in [0.29, 0.717) is 46.8 Å². The Morgan fingerprint density at radius 1 is 0.527 bits per heavy atom. The summed E-state index contributed by atoms with van der Waals surface area (Å²) in [6.07, 6.45) is 2.99. The number of rotatable bonds is 23. The van der Waals surface area contributed by atoms with Gasteiger partial charge in [0, 0.05) is 49.8 Å². The third-order valence-electron chi connectivity index (χ3n) is 9.72. The Hall–Kier alpha value is -5.31. The van der Waals surface area contributed by atoms with Crippen LogP contribution in [0.2, 0.25) is 0 Å². The number of para-hydroxylation sites is 3. The molecule has 296 valence electrons. The van der Waals surface area contributed by atoms with Gasteiger partial charge in [-0.1, -0.05) is 108 Å². The van der Waals surface area contributed by atoms with E-state index in [0.717, 1.165) is 35.1 Å². The summed E-state index contributed by atoms with van der Waals surface area (Å²) in [4.78, 5) is 36.3. The molecule has 9 heteroatoms. The molecule has 0 saturated carbocycles. The highest BCUT2D eigenvalue weighted by Gasteiger charge is 2.41. The molecular weight excluding hydrogens is 696 g/mol. The van der Waals surface area contributed by atoms with E-state index in [-0.39, 0.29) is 39.6 Å². The summed E-state index contributed by atoms with van der Waals surface area (Å²) in [6.45, 7) is 25.1. The SMILES string of the molecule is C=C(C)C(=O)OCCOc1ccccc1C(C)(CCC)c1cccc(C(CC)(CC)c2ccccc2OCCOC(=O)C(=C)C)c1OCCOC(=O)C(=C)C. The molecule has 3 rings (SSSR count). The van der Waals surface area contributed by atoms with Crippen molar-refractivity contribution >= 4 is 17.9 Å². The summed E-state index contributed by atoms with van der Waals surface area (Å²) >= 11 is 0. The van der Waals surface area contributed by atoms with Gasteiger partial charge in [-0.15, -0.1) is 0 Å². The summed E-state index contributed by atoms with van der Waals surface area (Å²) in [5.74, 6) is 0.614. The van der Waals surface area contributed by atoms with E-state index in [2.05, 4.69) is 77.8 Å². The molecule has 1 atom stereocenters. The largest absolute Gasteiger partial charge is 0.490 e. The highest BCUT2D eigenvalue weighted by atomic mass is 16.6. The van der Waals surface area contributed by atoms with Crippen molar-refractivity contribution in [3.63, 3.8) is 0 Å². The first-order valence-corrected chi connectivity index (χ1v) is 19.0. The lowest BCUT2D eigenvalue weighted by atomic mass is 9.66. The average molecular weight is 755 g/mol. The van der Waals surface area contributed by atoms with Crippen LogP contribution in [-0.4, -0.2) is 57.5 Å². The summed E-state index contributed by atoms with van der Waals surface area (Å²) in [5.41, 5.74) is 3.58. The second-order valence-corrected chi connectivity index (χ2v) is 13.8. The Morgan fingerprint density at radius 3 is 1.38 bits per heavy atom. The van der Waals surface area contributed by atoms with Crippen LogP contribution in [0.4, 0.5) is 0 Å². The molecule has 55 heavy (non-hydrogen) atoms. The van der Waals surface area contributed by atoms with E-state index in [1.807, 2.05) is 36.4 Å². The minimum absolute atomic E-state index is 0.0282. The molecule has 1 unspecified atom stereocenters. The van der Waals surface area contributed by atoms with Crippen molar-refractivity contribution < 1.29 is 42.8 Å². The molecule has 0 aliphatic rings. The molecule has 0 aromatic heterocycles. The number of hydrogen-bond acceptors (Lipinski definition) is 9. The number of hydrogen-bond donors (Lipinski definition) is 0. The molecule has 0 bridgehead atoms. The maximum atomic E-state index is 12.3. The van der Waals surface area contributed by atoms with Gasteiger partial charge in [0.05, 0.1) is 0 Å². The minimum Gasteiger partial charge on any atom is -0.490 e. The van der Waals surface area contributed by atoms with Crippen molar-refractivity contribution in [2.75, 3.05) is 39.6 Å². The van der Waals surface area contributed by atoms with Crippen LogP contribution in [-0.2, 0) is 39.4 Å². The topological polar surface area (TPSA) is 107 Å². The molecule has 0 aliphatic heterocycles. The van der Waals surface area contributed by atoms with Gasteiger partial charge in [-0.3, -0.25) is 0 Å². The van der Waals surface area contributed by atoms with Gasteiger partial charge >= 0.3 is 17.9 Å². The number of ether oxygens (including phenoxy) is 6. The van der Waals surface area contributed by atoms with Crippen LogP contribution < -0.4 is 14.2 Å². The van der Waals surface area contributed by atoms with Crippen LogP contribution >= 0.6 is 0 Å². The van der Waals surface area contributed by atoms with Crippen molar-refractivity contribution in [2.45, 2.75) is 85.0 Å². The lowest BCUT2D eigenvalue weighted by Crippen LogP contribution is -2.31. The molecule has 0 N–H and O–H groups in total. The van der Waals surface area contributed by atoms with Crippen molar-refractivity contribution in [1.82, 2.24) is 0 Å². The summed E-state index contributed by atoms with van der Waals surface area (Å²) < 4.78 is 35.5. The molecule has 9 nitrogen and oxygen atoms in total. The number of carbonyl (C=O) groups is 3. The fourth-order valence-electron chi connectivity index (χ4n) is 6.83. The molecule has 0 aliphatic carbocycles. The third kappa shape index (κ3) is 11.1. The molecule has 0 saturated heterocycles. The van der Waals surface area contributed by atoms with Gasteiger partial charge in [0.25, 0.3) is 0 Å². The summed E-state index contributed by atoms with van der Waals surface area (Å²) in [6, 6.07) is 22.1. The lowest BCUT2D eigenvalue weighted by Gasteiger charge is -2.39. The second kappa shape index (κ2) is 21.0. The first kappa shape index (κ1) is 44.1. The quantitative estimate of drug-likeness (QED) is 0.0405. The molecule has 0 spiro atoms. The highest BCUT2D eigenvalue weighted by molar-refractivity contribution is 5.87. The van der Waals surface area contributed by atoms with Gasteiger partial charge in [0.15, 0.2) is 0 Å². The first-order valence-electron chi connectivity index (χ1n) is 19.0. The highest BCUT2D eigenvalue weighted by Crippen LogP contribution is 2.52. The number of carbonyl (C=O) groups excluding carboxylic acids is 3. The standard InChI is InChI=1S/C46H58O9/c1-11-25-45(10,35-19-14-16-23-39(35)50-26-29-53-42(47)32(4)5)37-21-18-22-38(41(37)52-28-31-55-44(49)34(8)9)46(12-2,13-3)36-20-15-17-24-40(36)51-27-30-54-43(48)33(6)7/h14-24H,4,6,8,11-13,25-31H2,1-3,5,7,9-10H3. The van der Waals surface area contributed by atoms with Crippen LogP contribution in [0.1, 0.15) is 96.4 Å². The van der Waals surface area contributed by atoms with Crippen molar-refractivity contribution in [2.24, 2.45) is 0 Å². The Balaban J connectivity index is 2.20. The molecular formula is C46H58O9. The van der Waals surface area contributed by atoms with Crippen LogP contribution in [0.3, 0.4) is 0 Å². The van der Waals surface area contributed by atoms with Gasteiger partial charge in [-0.2, -0.15) is 0 Å². The molecule has 0 heterocycles. The Kier molecular flexibility index (Phi) is 16.8. The summed E-state index contributed by atoms with van der Waals surface area (Å²) in [7, 11) is 0. The average Bonchev–Trinajstić information content (AvgIpc) is 3.17. The third-order valence-corrected chi connectivity index (χ3v) is 9.72. The molecule has 0 fully saturated rings. The second-order valence-electron chi connectivity index (χ2n) is 13.8. The van der Waals surface area contributed by atoms with E-state index in [1.54, 1.807) is 20.8 Å². The number of esters is 3. The zero-order valence-electron chi connectivity index (χ0n) is 33.7. The van der Waals surface area contributed by atoms with Gasteiger partial charge in [-0.05, 0) is 52.2 Å². The Morgan fingerprint density at radius 2 is 0.927 bits per heavy atom. The van der Waals surface area contributed by atoms with E-state index >= 15 is 0 Å². The van der Waals surface area contributed by atoms with E-state index < -0.39 is 28.7 Å². The van der Waals surface area contributed by atoms with Crippen molar-refractivity contribution in [3.8, 4) is 17.2 Å². The van der Waals surface area contributed by atoms with E-state index in [1.165, 1.54) is 0 Å². The van der Waals surface area contributed by atoms with Gasteiger partial charge < -0.3 is 28.4 Å². The normalized spacial score (nSPS) is 12.1. The van der Waals surface area contributed by atoms with Crippen molar-refractivity contribution in [1.29, 1.82) is 0 Å². The molecule has 3 aromatic carbocycles. The predicted octanol–water partition coefficient (Wildman–Crippen LogP) is 9.39. The van der Waals surface area contributed by atoms with Crippen LogP contribution in [0.5, 0.6) is 17.2 Å². The Labute approximate surface area is 327 Å². The maximum Gasteiger partial charge on any atom is 0.333 e. The zero-order chi connectivity index (χ0) is 40.6. The van der Waals surface area contributed by atoms with Crippen LogP contribution in [0, 0.1) is 0 Å². The monoisotopic (exact) mass is 754 g/mol. The van der Waals surface area contributed by atoms with Crippen LogP contribution in [0.25, 0.3) is 0 Å². The number of benzene rings is 3.